The molecule has 0 radical (unpaired) electrons. The zero-order valence-corrected chi connectivity index (χ0v) is 18.6. The van der Waals surface area contributed by atoms with Crippen LogP contribution in [0.25, 0.3) is 5.69 Å². The minimum atomic E-state index is -0.149. The summed E-state index contributed by atoms with van der Waals surface area (Å²) in [4.78, 5) is 13.0. The number of hydrogen-bond acceptors (Lipinski definition) is 3. The molecule has 1 N–H and O–H groups in total. The van der Waals surface area contributed by atoms with Crippen molar-refractivity contribution in [1.82, 2.24) is 9.99 Å². The molecular weight excluding hydrogens is 402 g/mol. The van der Waals surface area contributed by atoms with Crippen LogP contribution in [0, 0.1) is 27.7 Å². The fourth-order valence-corrected chi connectivity index (χ4v) is 3.88. The van der Waals surface area contributed by atoms with E-state index >= 15 is 0 Å². The van der Waals surface area contributed by atoms with Crippen molar-refractivity contribution in [2.24, 2.45) is 5.10 Å². The quantitative estimate of drug-likeness (QED) is 0.317. The van der Waals surface area contributed by atoms with Crippen LogP contribution >= 0.6 is 23.4 Å². The number of halogens is 1. The van der Waals surface area contributed by atoms with Crippen LogP contribution in [-0.2, 0) is 4.79 Å². The van der Waals surface area contributed by atoms with E-state index in [0.29, 0.717) is 10.8 Å². The predicted octanol–water partition coefficient (Wildman–Crippen LogP) is 5.61. The second kappa shape index (κ2) is 9.33. The Kier molecular flexibility index (Phi) is 6.83. The number of nitrogens with one attached hydrogen (secondary N) is 1. The maximum atomic E-state index is 12.0. The summed E-state index contributed by atoms with van der Waals surface area (Å²) < 4.78 is 2.20. The van der Waals surface area contributed by atoms with Gasteiger partial charge in [-0.05, 0) is 81.3 Å². The number of benzene rings is 2. The van der Waals surface area contributed by atoms with Gasteiger partial charge in [-0.1, -0.05) is 17.7 Å². The molecule has 0 atom stereocenters. The second-order valence-corrected chi connectivity index (χ2v) is 8.45. The Morgan fingerprint density at radius 1 is 1.07 bits per heavy atom. The number of hydrogen-bond donors (Lipinski definition) is 1. The smallest absolute Gasteiger partial charge is 0.250 e. The maximum absolute atomic E-state index is 12.0. The summed E-state index contributed by atoms with van der Waals surface area (Å²) in [5.41, 5.74) is 9.45. The monoisotopic (exact) mass is 425 g/mol. The number of aromatic nitrogens is 1. The molecule has 3 rings (SSSR count). The van der Waals surface area contributed by atoms with Crippen molar-refractivity contribution >= 4 is 35.5 Å². The van der Waals surface area contributed by atoms with Crippen molar-refractivity contribution in [3.05, 3.63) is 81.6 Å². The van der Waals surface area contributed by atoms with Crippen LogP contribution in [0.3, 0.4) is 0 Å². The average Bonchev–Trinajstić information content (AvgIpc) is 2.97. The van der Waals surface area contributed by atoms with E-state index in [4.69, 9.17) is 11.6 Å². The molecule has 150 valence electrons. The third-order valence-corrected chi connectivity index (χ3v) is 6.06. The molecule has 0 unspecified atom stereocenters. The molecule has 0 aliphatic rings. The molecule has 3 aromatic rings. The zero-order valence-electron chi connectivity index (χ0n) is 17.0. The predicted molar refractivity (Wildman–Crippen MR) is 123 cm³/mol. The number of amides is 1. The van der Waals surface area contributed by atoms with Gasteiger partial charge in [0, 0.05) is 32.6 Å². The number of rotatable bonds is 6. The van der Waals surface area contributed by atoms with Gasteiger partial charge in [0.1, 0.15) is 0 Å². The Morgan fingerprint density at radius 3 is 2.48 bits per heavy atom. The Bertz CT molecular complexity index is 1050. The van der Waals surface area contributed by atoms with Crippen LogP contribution in [0.5, 0.6) is 0 Å². The van der Waals surface area contributed by atoms with Crippen LogP contribution in [0.1, 0.15) is 28.1 Å². The van der Waals surface area contributed by atoms with Gasteiger partial charge in [0.25, 0.3) is 0 Å². The first-order valence-electron chi connectivity index (χ1n) is 9.32. The molecule has 1 heterocycles. The molecule has 0 aliphatic heterocycles. The minimum Gasteiger partial charge on any atom is -0.318 e. The zero-order chi connectivity index (χ0) is 21.0. The highest BCUT2D eigenvalue weighted by molar-refractivity contribution is 8.00. The number of carbonyl (C=O) groups excluding carboxylic acids is 1. The van der Waals surface area contributed by atoms with Crippen LogP contribution in [0.2, 0.25) is 5.02 Å². The number of nitrogens with zero attached hydrogens (tertiary/aromatic N) is 2. The second-order valence-electron chi connectivity index (χ2n) is 6.97. The standard InChI is InChI=1S/C23H24ClN3OS/c1-15-5-8-21(11-16(15)2)27-17(3)12-19(18(27)4)13-25-26-23(28)14-29-22-9-6-20(24)7-10-22/h5-13H,14H2,1-4H3,(H,26,28)/b25-13-. The van der Waals surface area contributed by atoms with Gasteiger partial charge < -0.3 is 4.57 Å². The molecule has 0 spiro atoms. The fraction of sp³-hybridized carbons (Fsp3) is 0.217. The molecule has 2 aromatic carbocycles. The summed E-state index contributed by atoms with van der Waals surface area (Å²) in [7, 11) is 0. The van der Waals surface area contributed by atoms with E-state index < -0.39 is 0 Å². The molecule has 0 aliphatic carbocycles. The Hall–Kier alpha value is -2.50. The van der Waals surface area contributed by atoms with Crippen molar-refractivity contribution in [1.29, 1.82) is 0 Å². The van der Waals surface area contributed by atoms with E-state index in [2.05, 4.69) is 67.1 Å². The fourth-order valence-electron chi connectivity index (χ4n) is 3.07. The Labute approximate surface area is 181 Å². The molecule has 0 saturated heterocycles. The van der Waals surface area contributed by atoms with Crippen molar-refractivity contribution < 1.29 is 4.79 Å². The minimum absolute atomic E-state index is 0.149. The van der Waals surface area contributed by atoms with E-state index in [9.17, 15) is 4.79 Å². The van der Waals surface area contributed by atoms with Crippen LogP contribution in [-0.4, -0.2) is 22.4 Å². The van der Waals surface area contributed by atoms with E-state index in [1.54, 1.807) is 6.21 Å². The lowest BCUT2D eigenvalue weighted by atomic mass is 10.1. The number of carbonyl (C=O) groups is 1. The van der Waals surface area contributed by atoms with Gasteiger partial charge in [-0.25, -0.2) is 5.43 Å². The van der Waals surface area contributed by atoms with Crippen LogP contribution in [0.15, 0.2) is 58.5 Å². The number of thioether (sulfide) groups is 1. The van der Waals surface area contributed by atoms with Crippen LogP contribution < -0.4 is 5.43 Å². The van der Waals surface area contributed by atoms with Gasteiger partial charge in [0.05, 0.1) is 12.0 Å². The highest BCUT2D eigenvalue weighted by atomic mass is 35.5. The van der Waals surface area contributed by atoms with E-state index in [1.807, 2.05) is 24.3 Å². The van der Waals surface area contributed by atoms with E-state index in [-0.39, 0.29) is 5.91 Å². The lowest BCUT2D eigenvalue weighted by molar-refractivity contribution is -0.118. The Morgan fingerprint density at radius 2 is 1.79 bits per heavy atom. The van der Waals surface area contributed by atoms with Gasteiger partial charge in [0.2, 0.25) is 5.91 Å². The van der Waals surface area contributed by atoms with E-state index in [1.165, 1.54) is 22.9 Å². The third-order valence-electron chi connectivity index (χ3n) is 4.80. The third kappa shape index (κ3) is 5.31. The summed E-state index contributed by atoms with van der Waals surface area (Å²) in [6.45, 7) is 8.36. The van der Waals surface area contributed by atoms with Gasteiger partial charge in [-0.15, -0.1) is 11.8 Å². The molecule has 6 heteroatoms. The molecule has 29 heavy (non-hydrogen) atoms. The van der Waals surface area contributed by atoms with Crippen LogP contribution in [0.4, 0.5) is 0 Å². The average molecular weight is 426 g/mol. The highest BCUT2D eigenvalue weighted by Crippen LogP contribution is 2.22. The SMILES string of the molecule is Cc1ccc(-n2c(C)cc(/C=N\NC(=O)CSc3ccc(Cl)cc3)c2C)cc1C. The van der Waals surface area contributed by atoms with Gasteiger partial charge in [0.15, 0.2) is 0 Å². The van der Waals surface area contributed by atoms with Gasteiger partial charge >= 0.3 is 0 Å². The maximum Gasteiger partial charge on any atom is 0.250 e. The van der Waals surface area contributed by atoms with Crippen molar-refractivity contribution in [3.8, 4) is 5.69 Å². The molecular formula is C23H24ClN3OS. The molecule has 1 aromatic heterocycles. The van der Waals surface area contributed by atoms with Crippen molar-refractivity contribution in [2.75, 3.05) is 5.75 Å². The number of hydrazone groups is 1. The van der Waals surface area contributed by atoms with Crippen molar-refractivity contribution in [3.63, 3.8) is 0 Å². The lowest BCUT2D eigenvalue weighted by Gasteiger charge is -2.11. The first-order valence-corrected chi connectivity index (χ1v) is 10.7. The first kappa shape index (κ1) is 21.2. The topological polar surface area (TPSA) is 46.4 Å². The summed E-state index contributed by atoms with van der Waals surface area (Å²) in [5.74, 6) is 0.143. The van der Waals surface area contributed by atoms with Crippen molar-refractivity contribution in [2.45, 2.75) is 32.6 Å². The summed E-state index contributed by atoms with van der Waals surface area (Å²) in [6.07, 6.45) is 1.70. The molecule has 0 saturated carbocycles. The summed E-state index contributed by atoms with van der Waals surface area (Å²) in [5, 5.41) is 4.82. The molecule has 1 amide bonds. The lowest BCUT2D eigenvalue weighted by Crippen LogP contribution is -2.19. The molecule has 4 nitrogen and oxygen atoms in total. The summed E-state index contributed by atoms with van der Waals surface area (Å²) in [6, 6.07) is 15.9. The van der Waals surface area contributed by atoms with Gasteiger partial charge in [-0.3, -0.25) is 4.79 Å². The highest BCUT2D eigenvalue weighted by Gasteiger charge is 2.10. The largest absolute Gasteiger partial charge is 0.318 e. The normalized spacial score (nSPS) is 11.2. The molecule has 0 bridgehead atoms. The Balaban J connectivity index is 1.64. The molecule has 0 fully saturated rings. The summed E-state index contributed by atoms with van der Waals surface area (Å²) >= 11 is 7.32. The first-order chi connectivity index (χ1) is 13.8. The van der Waals surface area contributed by atoms with Gasteiger partial charge in [-0.2, -0.15) is 5.10 Å². The number of aryl methyl sites for hydroxylation is 3. The van der Waals surface area contributed by atoms with E-state index in [0.717, 1.165) is 27.5 Å².